The lowest BCUT2D eigenvalue weighted by molar-refractivity contribution is 0.0453. The number of hydrogen-bond donors (Lipinski definition) is 0. The molecule has 1 aromatic carbocycles. The summed E-state index contributed by atoms with van der Waals surface area (Å²) in [6.45, 7) is 0.0508. The molecule has 0 atom stereocenters. The van der Waals surface area contributed by atoms with Gasteiger partial charge in [-0.3, -0.25) is 4.98 Å². The van der Waals surface area contributed by atoms with Gasteiger partial charge in [0, 0.05) is 6.20 Å². The van der Waals surface area contributed by atoms with Crippen molar-refractivity contribution in [3.63, 3.8) is 0 Å². The van der Waals surface area contributed by atoms with Crippen LogP contribution in [0, 0.1) is 0 Å². The highest BCUT2D eigenvalue weighted by Crippen LogP contribution is 2.12. The zero-order valence-electron chi connectivity index (χ0n) is 10.9. The van der Waals surface area contributed by atoms with E-state index in [2.05, 4.69) is 9.72 Å². The Bertz CT molecular complexity index is 610. The van der Waals surface area contributed by atoms with Crippen LogP contribution in [0.2, 0.25) is 0 Å². The van der Waals surface area contributed by atoms with Crippen LogP contribution in [0.25, 0.3) is 0 Å². The molecule has 0 aliphatic rings. The van der Waals surface area contributed by atoms with E-state index in [1.807, 2.05) is 0 Å². The van der Waals surface area contributed by atoms with Crippen molar-refractivity contribution in [3.8, 4) is 0 Å². The summed E-state index contributed by atoms with van der Waals surface area (Å²) in [7, 11) is 1.26. The van der Waals surface area contributed by atoms with Crippen LogP contribution in [0.1, 0.15) is 26.4 Å². The molecule has 2 aromatic rings. The topological polar surface area (TPSA) is 65.5 Å². The summed E-state index contributed by atoms with van der Waals surface area (Å²) in [6, 6.07) is 11.7. The fourth-order valence-electron chi connectivity index (χ4n) is 1.65. The fourth-order valence-corrected chi connectivity index (χ4v) is 1.65. The van der Waals surface area contributed by atoms with E-state index < -0.39 is 11.9 Å². The van der Waals surface area contributed by atoms with Gasteiger partial charge in [-0.2, -0.15) is 0 Å². The average Bonchev–Trinajstić information content (AvgIpc) is 2.52. The average molecular weight is 271 g/mol. The second-order valence-corrected chi connectivity index (χ2v) is 3.93. The molecule has 5 nitrogen and oxygen atoms in total. The van der Waals surface area contributed by atoms with Crippen LogP contribution in [0.4, 0.5) is 0 Å². The van der Waals surface area contributed by atoms with Crippen molar-refractivity contribution in [1.82, 2.24) is 4.98 Å². The number of aromatic nitrogens is 1. The number of ether oxygens (including phenoxy) is 2. The van der Waals surface area contributed by atoms with E-state index in [0.717, 1.165) is 0 Å². The third-order valence-electron chi connectivity index (χ3n) is 2.63. The number of esters is 2. The first-order chi connectivity index (χ1) is 9.72. The molecule has 0 saturated heterocycles. The minimum absolute atomic E-state index is 0.0508. The Morgan fingerprint density at radius 2 is 1.65 bits per heavy atom. The molecule has 0 bridgehead atoms. The maximum absolute atomic E-state index is 12.0. The highest BCUT2D eigenvalue weighted by molar-refractivity contribution is 6.03. The molecule has 0 saturated carbocycles. The Kier molecular flexibility index (Phi) is 4.44. The van der Waals surface area contributed by atoms with Crippen LogP contribution in [0.5, 0.6) is 0 Å². The normalized spacial score (nSPS) is 9.85. The zero-order chi connectivity index (χ0) is 14.4. The van der Waals surface area contributed by atoms with Gasteiger partial charge < -0.3 is 9.47 Å². The number of carbonyl (C=O) groups excluding carboxylic acids is 2. The number of carbonyl (C=O) groups is 2. The molecule has 1 aromatic heterocycles. The monoisotopic (exact) mass is 271 g/mol. The summed E-state index contributed by atoms with van der Waals surface area (Å²) in [5.41, 5.74) is 0.993. The molecular weight excluding hydrogens is 258 g/mol. The number of hydrogen-bond acceptors (Lipinski definition) is 5. The van der Waals surface area contributed by atoms with E-state index in [4.69, 9.17) is 4.74 Å². The SMILES string of the molecule is COC(=O)c1ccccc1C(=O)OCc1ccccn1. The van der Waals surface area contributed by atoms with Crippen LogP contribution < -0.4 is 0 Å². The van der Waals surface area contributed by atoms with Gasteiger partial charge in [-0.15, -0.1) is 0 Å². The maximum atomic E-state index is 12.0. The van der Waals surface area contributed by atoms with E-state index in [1.54, 1.807) is 36.5 Å². The van der Waals surface area contributed by atoms with Crippen LogP contribution in [0.15, 0.2) is 48.7 Å². The van der Waals surface area contributed by atoms with Crippen molar-refractivity contribution in [1.29, 1.82) is 0 Å². The number of methoxy groups -OCH3 is 1. The highest BCUT2D eigenvalue weighted by atomic mass is 16.5. The van der Waals surface area contributed by atoms with Gasteiger partial charge in [0.25, 0.3) is 0 Å². The van der Waals surface area contributed by atoms with Crippen molar-refractivity contribution in [2.24, 2.45) is 0 Å². The van der Waals surface area contributed by atoms with Crippen LogP contribution in [-0.4, -0.2) is 24.0 Å². The summed E-state index contributed by atoms with van der Waals surface area (Å²) in [5.74, 6) is -1.16. The lowest BCUT2D eigenvalue weighted by atomic mass is 10.1. The molecule has 0 unspecified atom stereocenters. The van der Waals surface area contributed by atoms with E-state index in [9.17, 15) is 9.59 Å². The van der Waals surface area contributed by atoms with Crippen molar-refractivity contribution >= 4 is 11.9 Å². The first kappa shape index (κ1) is 13.7. The molecular formula is C15H13NO4. The third-order valence-corrected chi connectivity index (χ3v) is 2.63. The highest BCUT2D eigenvalue weighted by Gasteiger charge is 2.18. The quantitative estimate of drug-likeness (QED) is 0.798. The molecule has 0 spiro atoms. The van der Waals surface area contributed by atoms with Crippen LogP contribution >= 0.6 is 0 Å². The van der Waals surface area contributed by atoms with Crippen LogP contribution in [0.3, 0.4) is 0 Å². The van der Waals surface area contributed by atoms with Gasteiger partial charge in [0.05, 0.1) is 23.9 Å². The Labute approximate surface area is 116 Å². The summed E-state index contributed by atoms with van der Waals surface area (Å²) in [6.07, 6.45) is 1.62. The molecule has 2 rings (SSSR count). The van der Waals surface area contributed by atoms with Gasteiger partial charge in [-0.1, -0.05) is 18.2 Å². The molecule has 0 radical (unpaired) electrons. The second-order valence-electron chi connectivity index (χ2n) is 3.93. The van der Waals surface area contributed by atoms with Gasteiger partial charge in [0.15, 0.2) is 0 Å². The van der Waals surface area contributed by atoms with E-state index in [-0.39, 0.29) is 17.7 Å². The van der Waals surface area contributed by atoms with Gasteiger partial charge in [0.1, 0.15) is 6.61 Å². The Balaban J connectivity index is 2.12. The molecule has 0 aliphatic heterocycles. The number of nitrogens with zero attached hydrogens (tertiary/aromatic N) is 1. The summed E-state index contributed by atoms with van der Waals surface area (Å²) < 4.78 is 9.77. The van der Waals surface area contributed by atoms with Crippen LogP contribution in [-0.2, 0) is 16.1 Å². The lowest BCUT2D eigenvalue weighted by Crippen LogP contribution is -2.13. The first-order valence-electron chi connectivity index (χ1n) is 5.96. The molecule has 0 amide bonds. The second kappa shape index (κ2) is 6.47. The van der Waals surface area contributed by atoms with E-state index >= 15 is 0 Å². The lowest BCUT2D eigenvalue weighted by Gasteiger charge is -2.07. The first-order valence-corrected chi connectivity index (χ1v) is 5.96. The Hall–Kier alpha value is -2.69. The van der Waals surface area contributed by atoms with Gasteiger partial charge in [-0.25, -0.2) is 9.59 Å². The molecule has 0 fully saturated rings. The summed E-state index contributed by atoms with van der Waals surface area (Å²) in [4.78, 5) is 27.6. The summed E-state index contributed by atoms with van der Waals surface area (Å²) in [5, 5.41) is 0. The number of rotatable bonds is 4. The van der Waals surface area contributed by atoms with Gasteiger partial charge in [-0.05, 0) is 24.3 Å². The smallest absolute Gasteiger partial charge is 0.339 e. The number of pyridine rings is 1. The minimum Gasteiger partial charge on any atom is -0.465 e. The molecule has 102 valence electrons. The molecule has 1 heterocycles. The molecule has 0 aliphatic carbocycles. The summed E-state index contributed by atoms with van der Waals surface area (Å²) >= 11 is 0. The van der Waals surface area contributed by atoms with Crippen molar-refractivity contribution in [2.75, 3.05) is 7.11 Å². The van der Waals surface area contributed by atoms with Crippen molar-refractivity contribution in [2.45, 2.75) is 6.61 Å². The predicted molar refractivity (Wildman–Crippen MR) is 71.1 cm³/mol. The third kappa shape index (κ3) is 3.20. The van der Waals surface area contributed by atoms with Crippen molar-refractivity contribution < 1.29 is 19.1 Å². The van der Waals surface area contributed by atoms with E-state index in [1.165, 1.54) is 19.2 Å². The molecule has 0 N–H and O–H groups in total. The number of benzene rings is 1. The predicted octanol–water partition coefficient (Wildman–Crippen LogP) is 2.23. The largest absolute Gasteiger partial charge is 0.465 e. The standard InChI is InChI=1S/C15H13NO4/c1-19-14(17)12-7-2-3-8-13(12)15(18)20-10-11-6-4-5-9-16-11/h2-9H,10H2,1H3. The fraction of sp³-hybridized carbons (Fsp3) is 0.133. The van der Waals surface area contributed by atoms with Crippen molar-refractivity contribution in [3.05, 3.63) is 65.5 Å². The molecule has 5 heteroatoms. The van der Waals surface area contributed by atoms with Gasteiger partial charge in [0.2, 0.25) is 0 Å². The van der Waals surface area contributed by atoms with E-state index in [0.29, 0.717) is 5.69 Å². The molecule has 20 heavy (non-hydrogen) atoms. The Morgan fingerprint density at radius 3 is 2.25 bits per heavy atom. The maximum Gasteiger partial charge on any atom is 0.339 e. The Morgan fingerprint density at radius 1 is 1.00 bits per heavy atom. The minimum atomic E-state index is -0.586. The van der Waals surface area contributed by atoms with Gasteiger partial charge >= 0.3 is 11.9 Å². The zero-order valence-corrected chi connectivity index (χ0v) is 10.9.